The first kappa shape index (κ1) is 11.0. The zero-order chi connectivity index (χ0) is 9.90. The van der Waals surface area contributed by atoms with E-state index in [9.17, 15) is 0 Å². The van der Waals surface area contributed by atoms with Crippen molar-refractivity contribution < 1.29 is 4.74 Å². The van der Waals surface area contributed by atoms with Gasteiger partial charge in [0.25, 0.3) is 0 Å². The van der Waals surface area contributed by atoms with Crippen molar-refractivity contribution in [2.24, 2.45) is 11.3 Å². The molecule has 0 aromatic carbocycles. The van der Waals surface area contributed by atoms with E-state index in [2.05, 4.69) is 33.0 Å². The van der Waals surface area contributed by atoms with Crippen LogP contribution in [-0.4, -0.2) is 25.8 Å². The molecule has 0 aromatic heterocycles. The van der Waals surface area contributed by atoms with E-state index in [4.69, 9.17) is 4.74 Å². The highest BCUT2D eigenvalue weighted by Gasteiger charge is 2.36. The minimum absolute atomic E-state index is 0.356. The first-order chi connectivity index (χ1) is 6.04. The van der Waals surface area contributed by atoms with Crippen LogP contribution in [0.25, 0.3) is 0 Å². The lowest BCUT2D eigenvalue weighted by Gasteiger charge is -2.28. The summed E-state index contributed by atoms with van der Waals surface area (Å²) in [5.41, 5.74) is 0.356. The summed E-state index contributed by atoms with van der Waals surface area (Å²) in [6.45, 7) is 12.1. The molecule has 0 aliphatic carbocycles. The molecule has 1 saturated heterocycles. The molecule has 1 aliphatic rings. The van der Waals surface area contributed by atoms with Gasteiger partial charge in [-0.05, 0) is 25.8 Å². The van der Waals surface area contributed by atoms with Crippen LogP contribution in [0.4, 0.5) is 0 Å². The van der Waals surface area contributed by atoms with Crippen LogP contribution < -0.4 is 5.32 Å². The standard InChI is InChI=1S/C11H23NO/c1-9(2)7-12-8-11(4)5-6-13-10(11)3/h9-10,12H,5-8H2,1-4H3. The summed E-state index contributed by atoms with van der Waals surface area (Å²) in [5, 5.41) is 3.52. The van der Waals surface area contributed by atoms with Crippen LogP contribution in [0, 0.1) is 11.3 Å². The molecular formula is C11H23NO. The van der Waals surface area contributed by atoms with Crippen LogP contribution in [0.15, 0.2) is 0 Å². The molecule has 0 aromatic rings. The third-order valence-electron chi connectivity index (χ3n) is 3.10. The normalized spacial score (nSPS) is 34.4. The van der Waals surface area contributed by atoms with Crippen LogP contribution in [-0.2, 0) is 4.74 Å². The molecule has 0 spiro atoms. The predicted molar refractivity (Wildman–Crippen MR) is 55.8 cm³/mol. The topological polar surface area (TPSA) is 21.3 Å². The summed E-state index contributed by atoms with van der Waals surface area (Å²) in [4.78, 5) is 0. The number of nitrogens with one attached hydrogen (secondary N) is 1. The molecule has 0 saturated carbocycles. The molecule has 0 bridgehead atoms. The molecule has 0 amide bonds. The van der Waals surface area contributed by atoms with E-state index in [1.165, 1.54) is 6.42 Å². The summed E-state index contributed by atoms with van der Waals surface area (Å²) in [6.07, 6.45) is 1.60. The van der Waals surface area contributed by atoms with Gasteiger partial charge >= 0.3 is 0 Å². The van der Waals surface area contributed by atoms with Crippen LogP contribution in [0.3, 0.4) is 0 Å². The van der Waals surface area contributed by atoms with Crippen molar-refractivity contribution >= 4 is 0 Å². The molecular weight excluding hydrogens is 162 g/mol. The summed E-state index contributed by atoms with van der Waals surface area (Å²) >= 11 is 0. The maximum absolute atomic E-state index is 5.59. The minimum atomic E-state index is 0.356. The molecule has 1 rings (SSSR count). The van der Waals surface area contributed by atoms with Crippen molar-refractivity contribution in [2.45, 2.75) is 40.2 Å². The highest BCUT2D eigenvalue weighted by Crippen LogP contribution is 2.33. The largest absolute Gasteiger partial charge is 0.378 e. The Labute approximate surface area is 82.0 Å². The molecule has 1 heterocycles. The van der Waals surface area contributed by atoms with Gasteiger partial charge in [0, 0.05) is 18.6 Å². The van der Waals surface area contributed by atoms with E-state index in [0.29, 0.717) is 11.5 Å². The Bertz CT molecular complexity index is 158. The Balaban J connectivity index is 2.26. The van der Waals surface area contributed by atoms with Gasteiger partial charge in [-0.1, -0.05) is 20.8 Å². The lowest BCUT2D eigenvalue weighted by Crippen LogP contribution is -2.38. The second-order valence-corrected chi connectivity index (χ2v) is 4.94. The lowest BCUT2D eigenvalue weighted by molar-refractivity contribution is 0.0714. The zero-order valence-electron chi connectivity index (χ0n) is 9.39. The molecule has 1 N–H and O–H groups in total. The summed E-state index contributed by atoms with van der Waals surface area (Å²) < 4.78 is 5.59. The average Bonchev–Trinajstić information content (AvgIpc) is 2.32. The molecule has 2 heteroatoms. The fourth-order valence-electron chi connectivity index (χ4n) is 1.75. The van der Waals surface area contributed by atoms with Gasteiger partial charge in [0.05, 0.1) is 6.10 Å². The number of hydrogen-bond donors (Lipinski definition) is 1. The smallest absolute Gasteiger partial charge is 0.0613 e. The Morgan fingerprint density at radius 2 is 2.23 bits per heavy atom. The molecule has 2 unspecified atom stereocenters. The van der Waals surface area contributed by atoms with Gasteiger partial charge in [-0.15, -0.1) is 0 Å². The Hall–Kier alpha value is -0.0800. The highest BCUT2D eigenvalue weighted by molar-refractivity contribution is 4.87. The van der Waals surface area contributed by atoms with E-state index < -0.39 is 0 Å². The summed E-state index contributed by atoms with van der Waals surface area (Å²) in [5.74, 6) is 0.737. The van der Waals surface area contributed by atoms with Crippen molar-refractivity contribution in [1.29, 1.82) is 0 Å². The SMILES string of the molecule is CC(C)CNCC1(C)CCOC1C. The molecule has 1 aliphatic heterocycles. The predicted octanol–water partition coefficient (Wildman–Crippen LogP) is 2.05. The van der Waals surface area contributed by atoms with Crippen LogP contribution in [0.1, 0.15) is 34.1 Å². The van der Waals surface area contributed by atoms with Gasteiger partial charge in [0.2, 0.25) is 0 Å². The Morgan fingerprint density at radius 1 is 1.54 bits per heavy atom. The molecule has 0 radical (unpaired) electrons. The maximum Gasteiger partial charge on any atom is 0.0613 e. The highest BCUT2D eigenvalue weighted by atomic mass is 16.5. The van der Waals surface area contributed by atoms with Crippen molar-refractivity contribution in [2.75, 3.05) is 19.7 Å². The first-order valence-electron chi connectivity index (χ1n) is 5.37. The molecule has 2 atom stereocenters. The second-order valence-electron chi connectivity index (χ2n) is 4.94. The van der Waals surface area contributed by atoms with Gasteiger partial charge in [-0.25, -0.2) is 0 Å². The van der Waals surface area contributed by atoms with E-state index in [1.807, 2.05) is 0 Å². The Morgan fingerprint density at radius 3 is 2.69 bits per heavy atom. The zero-order valence-corrected chi connectivity index (χ0v) is 9.39. The molecule has 78 valence electrons. The number of rotatable bonds is 4. The quantitative estimate of drug-likeness (QED) is 0.723. The van der Waals surface area contributed by atoms with Gasteiger partial charge in [-0.3, -0.25) is 0 Å². The Kier molecular flexibility index (Phi) is 3.74. The third kappa shape index (κ3) is 2.96. The monoisotopic (exact) mass is 185 g/mol. The summed E-state index contributed by atoms with van der Waals surface area (Å²) in [7, 11) is 0. The fourth-order valence-corrected chi connectivity index (χ4v) is 1.75. The van der Waals surface area contributed by atoms with Crippen LogP contribution >= 0.6 is 0 Å². The van der Waals surface area contributed by atoms with Gasteiger partial charge in [-0.2, -0.15) is 0 Å². The van der Waals surface area contributed by atoms with Gasteiger partial charge in [0.1, 0.15) is 0 Å². The van der Waals surface area contributed by atoms with Crippen LogP contribution in [0.5, 0.6) is 0 Å². The molecule has 2 nitrogen and oxygen atoms in total. The molecule has 1 fully saturated rings. The van der Waals surface area contributed by atoms with Crippen molar-refractivity contribution in [1.82, 2.24) is 5.32 Å². The number of ether oxygens (including phenoxy) is 1. The van der Waals surface area contributed by atoms with Gasteiger partial charge < -0.3 is 10.1 Å². The molecule has 13 heavy (non-hydrogen) atoms. The van der Waals surface area contributed by atoms with E-state index in [1.54, 1.807) is 0 Å². The van der Waals surface area contributed by atoms with E-state index in [-0.39, 0.29) is 0 Å². The van der Waals surface area contributed by atoms with Gasteiger partial charge in [0.15, 0.2) is 0 Å². The van der Waals surface area contributed by atoms with Crippen molar-refractivity contribution in [3.63, 3.8) is 0 Å². The van der Waals surface area contributed by atoms with E-state index >= 15 is 0 Å². The average molecular weight is 185 g/mol. The summed E-state index contributed by atoms with van der Waals surface area (Å²) in [6, 6.07) is 0. The second kappa shape index (κ2) is 4.43. The number of hydrogen-bond acceptors (Lipinski definition) is 2. The van der Waals surface area contributed by atoms with Crippen LogP contribution in [0.2, 0.25) is 0 Å². The lowest BCUT2D eigenvalue weighted by atomic mass is 9.84. The van der Waals surface area contributed by atoms with Crippen molar-refractivity contribution in [3.05, 3.63) is 0 Å². The third-order valence-corrected chi connectivity index (χ3v) is 3.10. The first-order valence-corrected chi connectivity index (χ1v) is 5.37. The fraction of sp³-hybridized carbons (Fsp3) is 1.00. The van der Waals surface area contributed by atoms with Crippen molar-refractivity contribution in [3.8, 4) is 0 Å². The van der Waals surface area contributed by atoms with E-state index in [0.717, 1.165) is 25.6 Å². The maximum atomic E-state index is 5.59. The minimum Gasteiger partial charge on any atom is -0.378 e.